The number of hydrogen-bond acceptors (Lipinski definition) is 3. The predicted octanol–water partition coefficient (Wildman–Crippen LogP) is 2.71. The molecule has 4 heteroatoms. The smallest absolute Gasteiger partial charge is 0.123 e. The number of nitrogens with two attached hydrogens (primary N) is 1. The Hall–Kier alpha value is -1.94. The number of halogens is 1. The first-order chi connectivity index (χ1) is 9.24. The Morgan fingerprint density at radius 2 is 2.11 bits per heavy atom. The second-order valence-electron chi connectivity index (χ2n) is 4.31. The first kappa shape index (κ1) is 13.5. The molecule has 0 aliphatic heterocycles. The Labute approximate surface area is 112 Å². The van der Waals surface area contributed by atoms with Crippen molar-refractivity contribution in [2.24, 2.45) is 5.73 Å². The maximum Gasteiger partial charge on any atom is 0.123 e. The lowest BCUT2D eigenvalue weighted by molar-refractivity contribution is 0.624. The van der Waals surface area contributed by atoms with Gasteiger partial charge < -0.3 is 10.6 Å². The fourth-order valence-electron chi connectivity index (χ4n) is 2.08. The van der Waals surface area contributed by atoms with Crippen LogP contribution in [0.2, 0.25) is 0 Å². The highest BCUT2D eigenvalue weighted by Crippen LogP contribution is 2.22. The summed E-state index contributed by atoms with van der Waals surface area (Å²) in [5.74, 6) is -0.252. The van der Waals surface area contributed by atoms with E-state index < -0.39 is 0 Å². The van der Waals surface area contributed by atoms with Crippen molar-refractivity contribution in [2.75, 3.05) is 11.4 Å². The average Bonchev–Trinajstić information content (AvgIpc) is 2.46. The van der Waals surface area contributed by atoms with E-state index in [1.807, 2.05) is 18.2 Å². The van der Waals surface area contributed by atoms with E-state index in [2.05, 4.69) is 16.8 Å². The molecule has 1 aromatic carbocycles. The summed E-state index contributed by atoms with van der Waals surface area (Å²) in [7, 11) is 0. The molecular weight excluding hydrogens is 241 g/mol. The van der Waals surface area contributed by atoms with Crippen molar-refractivity contribution in [1.29, 1.82) is 0 Å². The van der Waals surface area contributed by atoms with Crippen molar-refractivity contribution in [3.05, 3.63) is 59.7 Å². The lowest BCUT2D eigenvalue weighted by Gasteiger charge is -2.25. The van der Waals surface area contributed by atoms with Crippen LogP contribution in [0.4, 0.5) is 10.1 Å². The zero-order valence-corrected chi connectivity index (χ0v) is 11.0. The van der Waals surface area contributed by atoms with Gasteiger partial charge in [0.25, 0.3) is 0 Å². The molecule has 0 amide bonds. The van der Waals surface area contributed by atoms with Gasteiger partial charge in [-0.05, 0) is 42.8 Å². The molecule has 0 bridgehead atoms. The first-order valence-electron chi connectivity index (χ1n) is 6.38. The predicted molar refractivity (Wildman–Crippen MR) is 75.3 cm³/mol. The van der Waals surface area contributed by atoms with Gasteiger partial charge in [-0.2, -0.15) is 0 Å². The van der Waals surface area contributed by atoms with Crippen LogP contribution in [-0.4, -0.2) is 11.5 Å². The van der Waals surface area contributed by atoms with Crippen LogP contribution in [0.1, 0.15) is 18.2 Å². The fraction of sp³-hybridized carbons (Fsp3) is 0.267. The van der Waals surface area contributed by atoms with Gasteiger partial charge in [-0.15, -0.1) is 0 Å². The lowest BCUT2D eigenvalue weighted by atomic mass is 10.1. The number of anilines is 1. The zero-order valence-electron chi connectivity index (χ0n) is 11.0. The van der Waals surface area contributed by atoms with E-state index in [4.69, 9.17) is 5.73 Å². The van der Waals surface area contributed by atoms with Gasteiger partial charge in [0.15, 0.2) is 0 Å². The van der Waals surface area contributed by atoms with Gasteiger partial charge in [-0.25, -0.2) is 4.39 Å². The monoisotopic (exact) mass is 259 g/mol. The molecule has 0 unspecified atom stereocenters. The van der Waals surface area contributed by atoms with Gasteiger partial charge in [0.05, 0.1) is 12.2 Å². The number of aromatic nitrogens is 1. The van der Waals surface area contributed by atoms with Crippen molar-refractivity contribution in [1.82, 2.24) is 4.98 Å². The number of benzene rings is 1. The Morgan fingerprint density at radius 1 is 1.26 bits per heavy atom. The number of pyridine rings is 1. The first-order valence-corrected chi connectivity index (χ1v) is 6.38. The number of rotatable bonds is 5. The summed E-state index contributed by atoms with van der Waals surface area (Å²) >= 11 is 0. The molecule has 0 radical (unpaired) electrons. The Morgan fingerprint density at radius 3 is 2.74 bits per heavy atom. The molecule has 0 saturated carbocycles. The van der Waals surface area contributed by atoms with E-state index >= 15 is 0 Å². The van der Waals surface area contributed by atoms with Gasteiger partial charge in [-0.3, -0.25) is 4.98 Å². The normalized spacial score (nSPS) is 10.5. The highest BCUT2D eigenvalue weighted by atomic mass is 19.1. The Balaban J connectivity index is 2.27. The molecule has 0 aliphatic carbocycles. The van der Waals surface area contributed by atoms with Gasteiger partial charge in [0, 0.05) is 25.0 Å². The van der Waals surface area contributed by atoms with Crippen LogP contribution < -0.4 is 10.6 Å². The third-order valence-corrected chi connectivity index (χ3v) is 3.06. The second-order valence-corrected chi connectivity index (χ2v) is 4.31. The van der Waals surface area contributed by atoms with Gasteiger partial charge in [0.2, 0.25) is 0 Å². The Kier molecular flexibility index (Phi) is 4.47. The van der Waals surface area contributed by atoms with Crippen LogP contribution in [0.15, 0.2) is 42.6 Å². The lowest BCUT2D eigenvalue weighted by Crippen LogP contribution is -2.24. The maximum atomic E-state index is 13.2. The van der Waals surface area contributed by atoms with E-state index in [9.17, 15) is 4.39 Å². The molecule has 3 nitrogen and oxygen atoms in total. The van der Waals surface area contributed by atoms with Gasteiger partial charge >= 0.3 is 0 Å². The summed E-state index contributed by atoms with van der Waals surface area (Å²) in [6.45, 7) is 3.89. The van der Waals surface area contributed by atoms with E-state index in [0.717, 1.165) is 23.5 Å². The summed E-state index contributed by atoms with van der Waals surface area (Å²) in [4.78, 5) is 6.46. The molecule has 0 fully saturated rings. The van der Waals surface area contributed by atoms with Crippen LogP contribution in [0.5, 0.6) is 0 Å². The molecule has 0 aliphatic rings. The summed E-state index contributed by atoms with van der Waals surface area (Å²) < 4.78 is 13.2. The second kappa shape index (κ2) is 6.29. The summed E-state index contributed by atoms with van der Waals surface area (Å²) in [5.41, 5.74) is 8.47. The fourth-order valence-corrected chi connectivity index (χ4v) is 2.08. The van der Waals surface area contributed by atoms with Gasteiger partial charge in [0.1, 0.15) is 5.82 Å². The molecule has 2 rings (SSSR count). The standard InChI is InChI=1S/C15H18FN3/c1-2-19(11-14-5-3-4-8-18-14)15-7-6-13(16)9-12(15)10-17/h3-9H,2,10-11,17H2,1H3. The van der Waals surface area contributed by atoms with Crippen molar-refractivity contribution < 1.29 is 4.39 Å². The average molecular weight is 259 g/mol. The Bertz CT molecular complexity index is 528. The minimum Gasteiger partial charge on any atom is -0.366 e. The minimum absolute atomic E-state index is 0.252. The van der Waals surface area contributed by atoms with Crippen LogP contribution in [0.3, 0.4) is 0 Å². The number of nitrogens with zero attached hydrogens (tertiary/aromatic N) is 2. The molecular formula is C15H18FN3. The molecule has 1 aromatic heterocycles. The van der Waals surface area contributed by atoms with Crippen LogP contribution in [0, 0.1) is 5.82 Å². The summed E-state index contributed by atoms with van der Waals surface area (Å²) in [5, 5.41) is 0. The molecule has 0 atom stereocenters. The third kappa shape index (κ3) is 3.29. The molecule has 1 heterocycles. The van der Waals surface area contributed by atoms with Crippen molar-refractivity contribution >= 4 is 5.69 Å². The molecule has 19 heavy (non-hydrogen) atoms. The van der Waals surface area contributed by atoms with E-state index in [1.165, 1.54) is 12.1 Å². The maximum absolute atomic E-state index is 13.2. The molecule has 2 aromatic rings. The summed E-state index contributed by atoms with van der Waals surface area (Å²) in [6.07, 6.45) is 1.78. The summed E-state index contributed by atoms with van der Waals surface area (Å²) in [6, 6.07) is 10.6. The van der Waals surface area contributed by atoms with E-state index in [0.29, 0.717) is 13.1 Å². The van der Waals surface area contributed by atoms with Crippen LogP contribution in [-0.2, 0) is 13.1 Å². The van der Waals surface area contributed by atoms with Crippen LogP contribution >= 0.6 is 0 Å². The van der Waals surface area contributed by atoms with E-state index in [-0.39, 0.29) is 5.82 Å². The topological polar surface area (TPSA) is 42.2 Å². The molecule has 0 saturated heterocycles. The highest BCUT2D eigenvalue weighted by molar-refractivity contribution is 5.54. The SMILES string of the molecule is CCN(Cc1ccccn1)c1ccc(F)cc1CN. The largest absolute Gasteiger partial charge is 0.366 e. The van der Waals surface area contributed by atoms with Crippen molar-refractivity contribution in [3.8, 4) is 0 Å². The number of hydrogen-bond donors (Lipinski definition) is 1. The third-order valence-electron chi connectivity index (χ3n) is 3.06. The molecule has 0 spiro atoms. The van der Waals surface area contributed by atoms with Crippen LogP contribution in [0.25, 0.3) is 0 Å². The minimum atomic E-state index is -0.252. The molecule has 100 valence electrons. The zero-order chi connectivity index (χ0) is 13.7. The van der Waals surface area contributed by atoms with Crippen molar-refractivity contribution in [2.45, 2.75) is 20.0 Å². The van der Waals surface area contributed by atoms with Crippen molar-refractivity contribution in [3.63, 3.8) is 0 Å². The van der Waals surface area contributed by atoms with Gasteiger partial charge in [-0.1, -0.05) is 6.07 Å². The quantitative estimate of drug-likeness (QED) is 0.897. The highest BCUT2D eigenvalue weighted by Gasteiger charge is 2.11. The van der Waals surface area contributed by atoms with E-state index in [1.54, 1.807) is 12.3 Å². The molecule has 2 N–H and O–H groups in total.